The fraction of sp³-hybridized carbons (Fsp3) is 0.294. The van der Waals surface area contributed by atoms with Gasteiger partial charge in [-0.1, -0.05) is 41.4 Å². The predicted octanol–water partition coefficient (Wildman–Crippen LogP) is 3.80. The van der Waals surface area contributed by atoms with E-state index in [1.165, 1.54) is 0 Å². The third-order valence-electron chi connectivity index (χ3n) is 3.70. The van der Waals surface area contributed by atoms with Crippen molar-refractivity contribution < 1.29 is 4.74 Å². The second-order valence-corrected chi connectivity index (χ2v) is 6.19. The van der Waals surface area contributed by atoms with Gasteiger partial charge in [-0.2, -0.15) is 0 Å². The van der Waals surface area contributed by atoms with E-state index < -0.39 is 0 Å². The Labute approximate surface area is 145 Å². The average molecular weight is 350 g/mol. The van der Waals surface area contributed by atoms with Crippen LogP contribution >= 0.6 is 23.2 Å². The van der Waals surface area contributed by atoms with Crippen LogP contribution in [-0.4, -0.2) is 30.7 Å². The zero-order chi connectivity index (χ0) is 16.2. The number of aryl methyl sites for hydroxylation is 1. The molecule has 0 fully saturated rings. The lowest BCUT2D eigenvalue weighted by Gasteiger charge is -2.20. The Morgan fingerprint density at radius 3 is 2.91 bits per heavy atom. The lowest BCUT2D eigenvalue weighted by molar-refractivity contribution is 0.331. The summed E-state index contributed by atoms with van der Waals surface area (Å²) in [6, 6.07) is 8.36. The minimum absolute atomic E-state index is 0.000463. The van der Waals surface area contributed by atoms with E-state index in [1.807, 2.05) is 31.5 Å². The predicted molar refractivity (Wildman–Crippen MR) is 93.5 cm³/mol. The van der Waals surface area contributed by atoms with Gasteiger partial charge in [-0.3, -0.25) is 4.98 Å². The van der Waals surface area contributed by atoms with Crippen LogP contribution in [0.25, 0.3) is 0 Å². The molecule has 2 aromatic rings. The zero-order valence-electron chi connectivity index (χ0n) is 12.7. The molecule has 1 aliphatic heterocycles. The van der Waals surface area contributed by atoms with E-state index in [2.05, 4.69) is 21.4 Å². The fourth-order valence-electron chi connectivity index (χ4n) is 2.60. The Balaban J connectivity index is 1.93. The van der Waals surface area contributed by atoms with Crippen LogP contribution in [0.3, 0.4) is 0 Å². The number of rotatable bonds is 4. The smallest absolute Gasteiger partial charge is 0.284 e. The van der Waals surface area contributed by atoms with E-state index in [0.29, 0.717) is 35.8 Å². The highest BCUT2D eigenvalue weighted by molar-refractivity contribution is 6.42. The summed E-state index contributed by atoms with van der Waals surface area (Å²) < 4.78 is 5.42. The van der Waals surface area contributed by atoms with E-state index in [4.69, 9.17) is 27.9 Å². The first-order valence-corrected chi connectivity index (χ1v) is 8.17. The Hall–Kier alpha value is -1.78. The van der Waals surface area contributed by atoms with Gasteiger partial charge < -0.3 is 10.1 Å². The van der Waals surface area contributed by atoms with E-state index in [0.717, 1.165) is 16.7 Å². The molecular weight excluding hydrogens is 333 g/mol. The van der Waals surface area contributed by atoms with Gasteiger partial charge in [0.2, 0.25) is 0 Å². The van der Waals surface area contributed by atoms with Crippen molar-refractivity contribution >= 4 is 29.2 Å². The van der Waals surface area contributed by atoms with Crippen LogP contribution in [0.2, 0.25) is 10.0 Å². The maximum atomic E-state index is 6.43. The Morgan fingerprint density at radius 2 is 2.17 bits per heavy atom. The van der Waals surface area contributed by atoms with Crippen LogP contribution < -0.4 is 5.32 Å². The van der Waals surface area contributed by atoms with Crippen LogP contribution in [0.5, 0.6) is 0 Å². The number of aromatic nitrogens is 1. The minimum Gasteiger partial charge on any atom is -0.463 e. The van der Waals surface area contributed by atoms with E-state index in [9.17, 15) is 0 Å². The topological polar surface area (TPSA) is 46.5 Å². The molecule has 1 atom stereocenters. The van der Waals surface area contributed by atoms with Crippen molar-refractivity contribution in [1.82, 2.24) is 10.3 Å². The summed E-state index contributed by atoms with van der Waals surface area (Å²) in [6.07, 6.45) is 3.69. The van der Waals surface area contributed by atoms with Gasteiger partial charge in [0.25, 0.3) is 6.02 Å². The van der Waals surface area contributed by atoms with Gasteiger partial charge in [-0.25, -0.2) is 4.99 Å². The van der Waals surface area contributed by atoms with Gasteiger partial charge in [0.05, 0.1) is 16.6 Å². The third kappa shape index (κ3) is 3.77. The summed E-state index contributed by atoms with van der Waals surface area (Å²) >= 11 is 12.6. The largest absolute Gasteiger partial charge is 0.463 e. The minimum atomic E-state index is 0.000463. The first-order valence-electron chi connectivity index (χ1n) is 7.41. The molecular formula is C17H17Cl2N3O. The molecule has 23 heavy (non-hydrogen) atoms. The molecule has 1 aromatic carbocycles. The maximum absolute atomic E-state index is 6.43. The lowest BCUT2D eigenvalue weighted by Crippen LogP contribution is -2.29. The van der Waals surface area contributed by atoms with E-state index >= 15 is 0 Å². The Kier molecular flexibility index (Phi) is 5.03. The molecule has 6 heteroatoms. The molecule has 0 bridgehead atoms. The van der Waals surface area contributed by atoms with Gasteiger partial charge in [0, 0.05) is 24.9 Å². The van der Waals surface area contributed by atoms with Crippen molar-refractivity contribution in [3.8, 4) is 0 Å². The molecule has 0 spiro atoms. The molecule has 120 valence electrons. The summed E-state index contributed by atoms with van der Waals surface area (Å²) in [5.41, 5.74) is 3.12. The van der Waals surface area contributed by atoms with Crippen molar-refractivity contribution in [3.63, 3.8) is 0 Å². The molecule has 0 aliphatic carbocycles. The number of aliphatic imine (C=N–C) groups is 1. The molecule has 1 aromatic heterocycles. The monoisotopic (exact) mass is 349 g/mol. The lowest BCUT2D eigenvalue weighted by atomic mass is 9.91. The van der Waals surface area contributed by atoms with Crippen molar-refractivity contribution in [2.75, 3.05) is 19.7 Å². The highest BCUT2D eigenvalue weighted by atomic mass is 35.5. The third-order valence-corrected chi connectivity index (χ3v) is 4.53. The van der Waals surface area contributed by atoms with Crippen molar-refractivity contribution in [2.24, 2.45) is 4.99 Å². The van der Waals surface area contributed by atoms with Crippen LogP contribution in [0, 0.1) is 6.92 Å². The van der Waals surface area contributed by atoms with Gasteiger partial charge in [-0.05, 0) is 29.7 Å². The quantitative estimate of drug-likeness (QED) is 0.912. The second kappa shape index (κ2) is 7.20. The standard InChI is InChI=1S/C17H17Cl2N3O/c1-11-7-12(9-20-8-11)14(10-22-17-21-5-6-23-17)13-3-2-4-15(18)16(13)19/h2-4,7-9,14H,5-6,10H2,1H3,(H,21,22). The number of nitrogens with one attached hydrogen (secondary N) is 1. The van der Waals surface area contributed by atoms with Crippen molar-refractivity contribution in [2.45, 2.75) is 12.8 Å². The molecule has 1 N–H and O–H groups in total. The Bertz CT molecular complexity index is 734. The number of hydrogen-bond acceptors (Lipinski definition) is 4. The van der Waals surface area contributed by atoms with Crippen LogP contribution in [0.15, 0.2) is 41.7 Å². The normalized spacial score (nSPS) is 15.0. The first-order chi connectivity index (χ1) is 11.1. The summed E-state index contributed by atoms with van der Waals surface area (Å²) in [5, 5.41) is 4.36. The number of ether oxygens (including phenoxy) is 1. The molecule has 0 radical (unpaired) electrons. The van der Waals surface area contributed by atoms with Crippen molar-refractivity contribution in [1.29, 1.82) is 0 Å². The summed E-state index contributed by atoms with van der Waals surface area (Å²) in [7, 11) is 0. The van der Waals surface area contributed by atoms with Crippen LogP contribution in [0.4, 0.5) is 0 Å². The van der Waals surface area contributed by atoms with Gasteiger partial charge >= 0.3 is 0 Å². The van der Waals surface area contributed by atoms with Crippen LogP contribution in [0.1, 0.15) is 22.6 Å². The number of pyridine rings is 1. The number of hydrogen-bond donors (Lipinski definition) is 1. The molecule has 3 rings (SSSR count). The van der Waals surface area contributed by atoms with Crippen molar-refractivity contribution in [3.05, 3.63) is 63.4 Å². The fourth-order valence-corrected chi connectivity index (χ4v) is 3.04. The number of halogens is 2. The van der Waals surface area contributed by atoms with E-state index in [1.54, 1.807) is 6.07 Å². The SMILES string of the molecule is Cc1cncc(C(CNC2=NCCO2)c2cccc(Cl)c2Cl)c1. The molecule has 0 saturated heterocycles. The molecule has 0 amide bonds. The second-order valence-electron chi connectivity index (χ2n) is 5.41. The molecule has 1 aliphatic rings. The Morgan fingerprint density at radius 1 is 1.30 bits per heavy atom. The highest BCUT2D eigenvalue weighted by Crippen LogP contribution is 2.34. The first kappa shape index (κ1) is 16.1. The van der Waals surface area contributed by atoms with Crippen LogP contribution in [-0.2, 0) is 4.74 Å². The molecule has 2 heterocycles. The van der Waals surface area contributed by atoms with E-state index in [-0.39, 0.29) is 5.92 Å². The number of amidine groups is 1. The average Bonchev–Trinajstić information content (AvgIpc) is 3.05. The summed E-state index contributed by atoms with van der Waals surface area (Å²) in [6.45, 7) is 3.93. The maximum Gasteiger partial charge on any atom is 0.284 e. The number of benzene rings is 1. The number of nitrogens with zero attached hydrogens (tertiary/aromatic N) is 2. The molecule has 4 nitrogen and oxygen atoms in total. The summed E-state index contributed by atoms with van der Waals surface area (Å²) in [4.78, 5) is 8.56. The summed E-state index contributed by atoms with van der Waals surface area (Å²) in [5.74, 6) is 0.000463. The molecule has 0 saturated carbocycles. The van der Waals surface area contributed by atoms with Gasteiger partial charge in [0.15, 0.2) is 0 Å². The highest BCUT2D eigenvalue weighted by Gasteiger charge is 2.20. The van der Waals surface area contributed by atoms with Gasteiger partial charge in [-0.15, -0.1) is 0 Å². The van der Waals surface area contributed by atoms with Gasteiger partial charge in [0.1, 0.15) is 6.61 Å². The zero-order valence-corrected chi connectivity index (χ0v) is 14.2. The molecule has 1 unspecified atom stereocenters.